The van der Waals surface area contributed by atoms with Crippen molar-refractivity contribution in [2.75, 3.05) is 18.0 Å². The van der Waals surface area contributed by atoms with Crippen LogP contribution in [0.25, 0.3) is 11.1 Å². The van der Waals surface area contributed by atoms with Gasteiger partial charge in [0.05, 0.1) is 21.8 Å². The molecule has 2 aromatic rings. The first-order valence-corrected chi connectivity index (χ1v) is 8.36. The number of rotatable bonds is 3. The van der Waals surface area contributed by atoms with Gasteiger partial charge in [0.2, 0.25) is 5.95 Å². The van der Waals surface area contributed by atoms with Crippen molar-refractivity contribution in [3.05, 3.63) is 39.6 Å². The van der Waals surface area contributed by atoms with Gasteiger partial charge in [0.1, 0.15) is 5.69 Å². The molecule has 9 heteroatoms. The average molecular weight is 382 g/mol. The summed E-state index contributed by atoms with van der Waals surface area (Å²) in [5.74, 6) is -0.415. The van der Waals surface area contributed by atoms with Crippen LogP contribution >= 0.6 is 23.2 Å². The predicted octanol–water partition coefficient (Wildman–Crippen LogP) is 1.37. The molecule has 1 saturated heterocycles. The van der Waals surface area contributed by atoms with Crippen LogP contribution in [-0.4, -0.2) is 46.2 Å². The summed E-state index contributed by atoms with van der Waals surface area (Å²) in [7, 11) is 0. The largest absolute Gasteiger partial charge is 0.390 e. The third-order valence-corrected chi connectivity index (χ3v) is 4.97. The Morgan fingerprint density at radius 1 is 1.32 bits per heavy atom. The number of nitrogens with two attached hydrogens (primary N) is 2. The maximum atomic E-state index is 12.0. The molecule has 5 N–H and O–H groups in total. The number of nitrogens with zero attached hydrogens (tertiary/aromatic N) is 3. The lowest BCUT2D eigenvalue weighted by atomic mass is 10.0. The van der Waals surface area contributed by atoms with Gasteiger partial charge in [-0.25, -0.2) is 9.97 Å². The molecule has 7 nitrogen and oxygen atoms in total. The van der Waals surface area contributed by atoms with Crippen LogP contribution in [0.5, 0.6) is 0 Å². The van der Waals surface area contributed by atoms with Crippen molar-refractivity contribution in [1.29, 1.82) is 0 Å². The molecule has 132 valence electrons. The van der Waals surface area contributed by atoms with E-state index in [0.717, 1.165) is 0 Å². The molecule has 0 radical (unpaired) electrons. The van der Waals surface area contributed by atoms with Crippen LogP contribution in [0.2, 0.25) is 10.0 Å². The molecule has 1 amide bonds. The fourth-order valence-electron chi connectivity index (χ4n) is 2.87. The number of hydrogen-bond donors (Lipinski definition) is 3. The van der Waals surface area contributed by atoms with E-state index in [0.29, 0.717) is 39.4 Å². The minimum absolute atomic E-state index is 0.0432. The summed E-state index contributed by atoms with van der Waals surface area (Å²) in [5.41, 5.74) is 12.9. The second-order valence-corrected chi connectivity index (χ2v) is 6.72. The van der Waals surface area contributed by atoms with E-state index in [9.17, 15) is 9.90 Å². The van der Waals surface area contributed by atoms with Crippen molar-refractivity contribution in [2.24, 2.45) is 11.5 Å². The number of carbonyl (C=O) groups excluding carboxylic acids is 1. The second-order valence-electron chi connectivity index (χ2n) is 5.93. The SMILES string of the molecule is Cc1nc(N2C[C@H](N)[C@@H](O)C2)nc(C(N)=O)c1-c1cccc(Cl)c1Cl. The molecule has 0 spiro atoms. The molecule has 2 heterocycles. The van der Waals surface area contributed by atoms with Crippen molar-refractivity contribution in [2.45, 2.75) is 19.1 Å². The molecule has 0 unspecified atom stereocenters. The Morgan fingerprint density at radius 3 is 2.64 bits per heavy atom. The number of β-amino-alcohol motifs (C(OH)–C–C–N with tert-alkyl or cyclic N) is 1. The van der Waals surface area contributed by atoms with Gasteiger partial charge in [0, 0.05) is 30.3 Å². The number of benzene rings is 1. The van der Waals surface area contributed by atoms with Gasteiger partial charge < -0.3 is 21.5 Å². The minimum Gasteiger partial charge on any atom is -0.390 e. The summed E-state index contributed by atoms with van der Waals surface area (Å²) in [6.45, 7) is 2.41. The first-order valence-electron chi connectivity index (χ1n) is 7.61. The number of carbonyl (C=O) groups is 1. The summed E-state index contributed by atoms with van der Waals surface area (Å²) < 4.78 is 0. The lowest BCUT2D eigenvalue weighted by molar-refractivity contribution is 0.0996. The first kappa shape index (κ1) is 17.9. The maximum Gasteiger partial charge on any atom is 0.268 e. The van der Waals surface area contributed by atoms with Gasteiger partial charge >= 0.3 is 0 Å². The van der Waals surface area contributed by atoms with E-state index in [-0.39, 0.29) is 12.2 Å². The number of aryl methyl sites for hydroxylation is 1. The van der Waals surface area contributed by atoms with Gasteiger partial charge in [-0.1, -0.05) is 35.3 Å². The third-order valence-electron chi connectivity index (χ3n) is 4.15. The Morgan fingerprint density at radius 2 is 2.04 bits per heavy atom. The fourth-order valence-corrected chi connectivity index (χ4v) is 3.27. The van der Waals surface area contributed by atoms with Gasteiger partial charge in [0.15, 0.2) is 0 Å². The van der Waals surface area contributed by atoms with Crippen molar-refractivity contribution in [3.8, 4) is 11.1 Å². The van der Waals surface area contributed by atoms with E-state index in [1.807, 2.05) is 0 Å². The Kier molecular flexibility index (Phi) is 4.83. The van der Waals surface area contributed by atoms with Crippen molar-refractivity contribution in [3.63, 3.8) is 0 Å². The highest BCUT2D eigenvalue weighted by molar-refractivity contribution is 6.43. The molecule has 0 aliphatic carbocycles. The monoisotopic (exact) mass is 381 g/mol. The highest BCUT2D eigenvalue weighted by Crippen LogP contribution is 2.36. The normalized spacial score (nSPS) is 20.1. The highest BCUT2D eigenvalue weighted by atomic mass is 35.5. The standard InChI is InChI=1S/C16H17Cl2N5O2/c1-7-12(8-3-2-4-9(17)13(8)18)14(15(20)25)22-16(21-7)23-5-10(19)11(24)6-23/h2-4,10-11,24H,5-6,19H2,1H3,(H2,20,25)/t10-,11-/m0/s1. The number of amides is 1. The summed E-state index contributed by atoms with van der Waals surface area (Å²) in [6.07, 6.45) is -0.678. The Bertz CT molecular complexity index is 836. The average Bonchev–Trinajstić information content (AvgIpc) is 2.89. The lowest BCUT2D eigenvalue weighted by Crippen LogP contribution is -2.32. The molecular formula is C16H17Cl2N5O2. The molecule has 25 heavy (non-hydrogen) atoms. The van der Waals surface area contributed by atoms with Gasteiger partial charge in [-0.05, 0) is 13.0 Å². The Balaban J connectivity index is 2.15. The predicted molar refractivity (Wildman–Crippen MR) is 96.9 cm³/mol. The number of halogens is 2. The molecular weight excluding hydrogens is 365 g/mol. The molecule has 1 aromatic carbocycles. The molecule has 1 aliphatic rings. The topological polar surface area (TPSA) is 118 Å². The highest BCUT2D eigenvalue weighted by Gasteiger charge is 2.31. The van der Waals surface area contributed by atoms with Crippen molar-refractivity contribution in [1.82, 2.24) is 9.97 Å². The summed E-state index contributed by atoms with van der Waals surface area (Å²) in [5, 5.41) is 10.5. The number of aliphatic hydroxyl groups is 1. The van der Waals surface area contributed by atoms with Gasteiger partial charge in [-0.2, -0.15) is 0 Å². The number of aliphatic hydroxyl groups excluding tert-OH is 1. The number of anilines is 1. The maximum absolute atomic E-state index is 12.0. The summed E-state index contributed by atoms with van der Waals surface area (Å²) in [6, 6.07) is 4.69. The summed E-state index contributed by atoms with van der Waals surface area (Å²) in [4.78, 5) is 22.5. The molecule has 3 rings (SSSR count). The Hall–Kier alpha value is -1.93. The zero-order valence-corrected chi connectivity index (χ0v) is 14.9. The second kappa shape index (κ2) is 6.76. The van der Waals surface area contributed by atoms with Crippen LogP contribution in [-0.2, 0) is 0 Å². The zero-order valence-electron chi connectivity index (χ0n) is 13.4. The third kappa shape index (κ3) is 3.28. The number of aromatic nitrogens is 2. The minimum atomic E-state index is -0.707. The van der Waals surface area contributed by atoms with Gasteiger partial charge in [-0.15, -0.1) is 0 Å². The van der Waals surface area contributed by atoms with E-state index in [4.69, 9.17) is 34.7 Å². The zero-order chi connectivity index (χ0) is 18.3. The van der Waals surface area contributed by atoms with Crippen LogP contribution < -0.4 is 16.4 Å². The van der Waals surface area contributed by atoms with E-state index in [1.54, 1.807) is 30.0 Å². The lowest BCUT2D eigenvalue weighted by Gasteiger charge is -2.19. The summed E-state index contributed by atoms with van der Waals surface area (Å²) >= 11 is 12.4. The number of hydrogen-bond acceptors (Lipinski definition) is 6. The fraction of sp³-hybridized carbons (Fsp3) is 0.312. The van der Waals surface area contributed by atoms with Crippen LogP contribution in [0.1, 0.15) is 16.2 Å². The van der Waals surface area contributed by atoms with Crippen LogP contribution in [0, 0.1) is 6.92 Å². The quantitative estimate of drug-likeness (QED) is 0.738. The van der Waals surface area contributed by atoms with Crippen LogP contribution in [0.4, 0.5) is 5.95 Å². The molecule has 1 aromatic heterocycles. The van der Waals surface area contributed by atoms with Crippen molar-refractivity contribution >= 4 is 35.1 Å². The van der Waals surface area contributed by atoms with E-state index >= 15 is 0 Å². The van der Waals surface area contributed by atoms with E-state index in [1.165, 1.54) is 0 Å². The van der Waals surface area contributed by atoms with E-state index < -0.39 is 18.1 Å². The molecule has 1 aliphatic heterocycles. The molecule has 0 bridgehead atoms. The van der Waals surface area contributed by atoms with E-state index in [2.05, 4.69) is 9.97 Å². The smallest absolute Gasteiger partial charge is 0.268 e. The molecule has 2 atom stereocenters. The number of primary amides is 1. The van der Waals surface area contributed by atoms with Crippen LogP contribution in [0.15, 0.2) is 18.2 Å². The van der Waals surface area contributed by atoms with Gasteiger partial charge in [-0.3, -0.25) is 4.79 Å². The van der Waals surface area contributed by atoms with Crippen LogP contribution in [0.3, 0.4) is 0 Å². The molecule has 1 fully saturated rings. The molecule has 0 saturated carbocycles. The first-order chi connectivity index (χ1) is 11.8. The Labute approximate surface area is 154 Å². The van der Waals surface area contributed by atoms with Gasteiger partial charge in [0.25, 0.3) is 5.91 Å². The van der Waals surface area contributed by atoms with Crippen molar-refractivity contribution < 1.29 is 9.90 Å².